The second-order valence-electron chi connectivity index (χ2n) is 7.23. The van der Waals surface area contributed by atoms with Crippen LogP contribution in [0.1, 0.15) is 39.7 Å². The predicted octanol–water partition coefficient (Wildman–Crippen LogP) is 3.42. The molecule has 0 unspecified atom stereocenters. The summed E-state index contributed by atoms with van der Waals surface area (Å²) in [6, 6.07) is 6.86. The fourth-order valence-electron chi connectivity index (χ4n) is 3.45. The highest BCUT2D eigenvalue weighted by molar-refractivity contribution is 5.84. The van der Waals surface area contributed by atoms with Crippen molar-refractivity contribution in [3.8, 4) is 11.3 Å². The van der Waals surface area contributed by atoms with Crippen molar-refractivity contribution in [3.63, 3.8) is 0 Å². The van der Waals surface area contributed by atoms with Gasteiger partial charge in [-0.05, 0) is 64.8 Å². The molecule has 0 aliphatic rings. The van der Waals surface area contributed by atoms with Crippen molar-refractivity contribution in [2.24, 2.45) is 0 Å². The van der Waals surface area contributed by atoms with Crippen LogP contribution in [0.4, 0.5) is 5.82 Å². The van der Waals surface area contributed by atoms with Gasteiger partial charge in [0.1, 0.15) is 0 Å². The van der Waals surface area contributed by atoms with Crippen LogP contribution in [0.2, 0.25) is 0 Å². The Hall–Kier alpha value is -2.47. The Labute approximate surface area is 155 Å². The van der Waals surface area contributed by atoms with Crippen LogP contribution < -0.4 is 5.73 Å². The molecule has 26 heavy (non-hydrogen) atoms. The predicted molar refractivity (Wildman–Crippen MR) is 106 cm³/mol. The lowest BCUT2D eigenvalue weighted by atomic mass is 10.1. The molecule has 0 saturated heterocycles. The van der Waals surface area contributed by atoms with Gasteiger partial charge in [0.15, 0.2) is 11.5 Å². The molecular weight excluding hydrogens is 324 g/mol. The van der Waals surface area contributed by atoms with E-state index in [4.69, 9.17) is 5.73 Å². The van der Waals surface area contributed by atoms with E-state index >= 15 is 0 Å². The summed E-state index contributed by atoms with van der Waals surface area (Å²) in [5.41, 5.74) is 9.63. The van der Waals surface area contributed by atoms with E-state index in [0.29, 0.717) is 17.9 Å². The number of aryl methyl sites for hydroxylation is 1. The lowest BCUT2D eigenvalue weighted by Gasteiger charge is -2.30. The molecule has 0 bridgehead atoms. The maximum Gasteiger partial charge on any atom is 0.166 e. The molecule has 0 saturated carbocycles. The van der Waals surface area contributed by atoms with Gasteiger partial charge < -0.3 is 5.73 Å². The number of nitrogens with zero attached hydrogens (tertiary/aromatic N) is 5. The van der Waals surface area contributed by atoms with Crippen LogP contribution in [-0.4, -0.2) is 43.1 Å². The SMILES string of the molecule is CC(C)N(CCCc1cnc2c(-c3ccccn3)c(N)nn2c1)C(C)C. The molecule has 3 heterocycles. The van der Waals surface area contributed by atoms with Crippen molar-refractivity contribution in [1.29, 1.82) is 0 Å². The normalized spacial score (nSPS) is 12.0. The van der Waals surface area contributed by atoms with Crippen molar-refractivity contribution < 1.29 is 0 Å². The second-order valence-corrected chi connectivity index (χ2v) is 7.23. The fraction of sp³-hybridized carbons (Fsp3) is 0.450. The average Bonchev–Trinajstić information content (AvgIpc) is 2.93. The molecular formula is C20H28N6. The molecule has 3 aromatic rings. The molecule has 0 fully saturated rings. The van der Waals surface area contributed by atoms with E-state index in [1.807, 2.05) is 30.6 Å². The number of fused-ring (bicyclic) bond motifs is 1. The Morgan fingerprint density at radius 1 is 1.12 bits per heavy atom. The number of pyridine rings is 1. The molecule has 0 aliphatic heterocycles. The van der Waals surface area contributed by atoms with Gasteiger partial charge in [-0.25, -0.2) is 9.50 Å². The highest BCUT2D eigenvalue weighted by Crippen LogP contribution is 2.27. The molecule has 3 rings (SSSR count). The van der Waals surface area contributed by atoms with Gasteiger partial charge in [0.05, 0.1) is 11.3 Å². The fourth-order valence-corrected chi connectivity index (χ4v) is 3.45. The summed E-state index contributed by atoms with van der Waals surface area (Å²) in [4.78, 5) is 11.5. The van der Waals surface area contributed by atoms with E-state index in [2.05, 4.69) is 47.7 Å². The minimum absolute atomic E-state index is 0.458. The molecule has 0 spiro atoms. The number of aromatic nitrogens is 4. The van der Waals surface area contributed by atoms with E-state index in [1.165, 1.54) is 5.56 Å². The third-order valence-corrected chi connectivity index (χ3v) is 4.68. The monoisotopic (exact) mass is 352 g/mol. The van der Waals surface area contributed by atoms with Crippen molar-refractivity contribution in [3.05, 3.63) is 42.4 Å². The Bertz CT molecular complexity index is 845. The Balaban J connectivity index is 1.76. The largest absolute Gasteiger partial charge is 0.382 e. The van der Waals surface area contributed by atoms with Crippen LogP contribution in [-0.2, 0) is 6.42 Å². The Morgan fingerprint density at radius 2 is 1.88 bits per heavy atom. The van der Waals surface area contributed by atoms with Crippen LogP contribution in [0.3, 0.4) is 0 Å². The lowest BCUT2D eigenvalue weighted by Crippen LogP contribution is -2.37. The van der Waals surface area contributed by atoms with Gasteiger partial charge in [-0.1, -0.05) is 6.07 Å². The summed E-state index contributed by atoms with van der Waals surface area (Å²) in [7, 11) is 0. The van der Waals surface area contributed by atoms with Crippen LogP contribution in [0, 0.1) is 0 Å². The summed E-state index contributed by atoms with van der Waals surface area (Å²) in [6.45, 7) is 10.1. The summed E-state index contributed by atoms with van der Waals surface area (Å²) in [5, 5.41) is 4.43. The molecule has 0 aromatic carbocycles. The van der Waals surface area contributed by atoms with Crippen LogP contribution >= 0.6 is 0 Å². The summed E-state index contributed by atoms with van der Waals surface area (Å²) < 4.78 is 1.78. The highest BCUT2D eigenvalue weighted by Gasteiger charge is 2.16. The molecule has 6 heteroatoms. The third-order valence-electron chi connectivity index (χ3n) is 4.68. The molecule has 0 aliphatic carbocycles. The molecule has 138 valence electrons. The van der Waals surface area contributed by atoms with E-state index in [9.17, 15) is 0 Å². The van der Waals surface area contributed by atoms with E-state index < -0.39 is 0 Å². The number of rotatable bonds is 7. The van der Waals surface area contributed by atoms with E-state index in [0.717, 1.165) is 36.3 Å². The first-order chi connectivity index (χ1) is 12.5. The van der Waals surface area contributed by atoms with Crippen molar-refractivity contribution in [1.82, 2.24) is 24.5 Å². The summed E-state index contributed by atoms with van der Waals surface area (Å²) in [5.74, 6) is 0.458. The first-order valence-corrected chi connectivity index (χ1v) is 9.27. The Kier molecular flexibility index (Phi) is 5.52. The topological polar surface area (TPSA) is 72.3 Å². The van der Waals surface area contributed by atoms with Crippen LogP contribution in [0.5, 0.6) is 0 Å². The number of nitrogen functional groups attached to an aromatic ring is 1. The summed E-state index contributed by atoms with van der Waals surface area (Å²) in [6.07, 6.45) is 7.77. The number of hydrogen-bond donors (Lipinski definition) is 1. The third kappa shape index (κ3) is 3.85. The van der Waals surface area contributed by atoms with Gasteiger partial charge in [0.2, 0.25) is 0 Å². The van der Waals surface area contributed by atoms with E-state index in [1.54, 1.807) is 10.7 Å². The number of hydrogen-bond acceptors (Lipinski definition) is 5. The summed E-state index contributed by atoms with van der Waals surface area (Å²) >= 11 is 0. The first-order valence-electron chi connectivity index (χ1n) is 9.27. The van der Waals surface area contributed by atoms with Crippen LogP contribution in [0.15, 0.2) is 36.8 Å². The minimum Gasteiger partial charge on any atom is -0.382 e. The quantitative estimate of drug-likeness (QED) is 0.705. The molecule has 6 nitrogen and oxygen atoms in total. The maximum atomic E-state index is 6.12. The van der Waals surface area contributed by atoms with Gasteiger partial charge >= 0.3 is 0 Å². The zero-order valence-electron chi connectivity index (χ0n) is 16.1. The first kappa shape index (κ1) is 18.3. The molecule has 2 N–H and O–H groups in total. The van der Waals surface area contributed by atoms with Crippen molar-refractivity contribution >= 4 is 11.5 Å². The Morgan fingerprint density at radius 3 is 2.54 bits per heavy atom. The lowest BCUT2D eigenvalue weighted by molar-refractivity contribution is 0.173. The smallest absolute Gasteiger partial charge is 0.166 e. The van der Waals surface area contributed by atoms with Gasteiger partial charge in [0.25, 0.3) is 0 Å². The maximum absolute atomic E-state index is 6.12. The number of nitrogens with two attached hydrogens (primary N) is 1. The number of anilines is 1. The van der Waals surface area contributed by atoms with Crippen LogP contribution in [0.25, 0.3) is 16.9 Å². The zero-order valence-corrected chi connectivity index (χ0v) is 16.1. The van der Waals surface area contributed by atoms with Gasteiger partial charge in [-0.2, -0.15) is 0 Å². The van der Waals surface area contributed by atoms with E-state index in [-0.39, 0.29) is 0 Å². The standard InChI is InChI=1S/C20H28N6/c1-14(2)25(15(3)4)11-7-8-16-12-23-20-18(17-9-5-6-10-22-17)19(21)24-26(20)13-16/h5-6,9-10,12-15H,7-8,11H2,1-4H3,(H2,21,24). The highest BCUT2D eigenvalue weighted by atomic mass is 15.3. The minimum atomic E-state index is 0.458. The van der Waals surface area contributed by atoms with Gasteiger partial charge in [0, 0.05) is 30.7 Å². The second kappa shape index (κ2) is 7.83. The molecule has 0 atom stereocenters. The molecule has 0 amide bonds. The van der Waals surface area contributed by atoms with Crippen molar-refractivity contribution in [2.75, 3.05) is 12.3 Å². The average molecular weight is 352 g/mol. The van der Waals surface area contributed by atoms with Gasteiger partial charge in [-0.3, -0.25) is 9.88 Å². The molecule has 0 radical (unpaired) electrons. The zero-order chi connectivity index (χ0) is 18.7. The van der Waals surface area contributed by atoms with Gasteiger partial charge in [-0.15, -0.1) is 5.10 Å². The van der Waals surface area contributed by atoms with Crippen molar-refractivity contribution in [2.45, 2.75) is 52.6 Å². The molecule has 3 aromatic heterocycles.